The smallest absolute Gasteiger partial charge is 0.134 e. The second-order valence-corrected chi connectivity index (χ2v) is 6.15. The van der Waals surface area contributed by atoms with Crippen LogP contribution in [0.3, 0.4) is 0 Å². The lowest BCUT2D eigenvalue weighted by Gasteiger charge is -2.03. The molecule has 0 heterocycles. The quantitative estimate of drug-likeness (QED) is 0.812. The molecule has 1 aliphatic rings. The zero-order chi connectivity index (χ0) is 12.1. The first kappa shape index (κ1) is 12.1. The van der Waals surface area contributed by atoms with Gasteiger partial charge in [0.1, 0.15) is 4.33 Å². The molecule has 2 unspecified atom stereocenters. The van der Waals surface area contributed by atoms with Crippen molar-refractivity contribution in [3.05, 3.63) is 46.6 Å². The monoisotopic (exact) mass is 275 g/mol. The van der Waals surface area contributed by atoms with Crippen LogP contribution in [0.15, 0.2) is 30.5 Å². The van der Waals surface area contributed by atoms with E-state index in [2.05, 4.69) is 6.58 Å². The van der Waals surface area contributed by atoms with Gasteiger partial charge in [0.15, 0.2) is 0 Å². The Morgan fingerprint density at radius 1 is 1.38 bits per heavy atom. The van der Waals surface area contributed by atoms with E-state index in [0.29, 0.717) is 10.7 Å². The summed E-state index contributed by atoms with van der Waals surface area (Å²) in [5.41, 5.74) is 8.31. The minimum atomic E-state index is -0.844. The number of hydrogen-bond donors (Lipinski definition) is 1. The standard InChI is InChI=1S/C12H12Cl3N/c1-6-3-8(5-9(13)4-6)11-10(7(2)16)12(11,14)15/h3-5,10-11H,2,16H2,1H3. The molecular formula is C12H12Cl3N. The van der Waals surface area contributed by atoms with E-state index in [1.807, 2.05) is 25.1 Å². The van der Waals surface area contributed by atoms with E-state index < -0.39 is 4.33 Å². The third-order valence-electron chi connectivity index (χ3n) is 2.88. The van der Waals surface area contributed by atoms with Crippen LogP contribution in [-0.2, 0) is 0 Å². The molecule has 1 aromatic rings. The van der Waals surface area contributed by atoms with Gasteiger partial charge in [0.05, 0.1) is 0 Å². The van der Waals surface area contributed by atoms with Gasteiger partial charge in [-0.1, -0.05) is 24.2 Å². The number of hydrogen-bond acceptors (Lipinski definition) is 1. The average Bonchev–Trinajstić information content (AvgIpc) is 2.67. The van der Waals surface area contributed by atoms with Crippen LogP contribution in [0.1, 0.15) is 17.0 Å². The van der Waals surface area contributed by atoms with Gasteiger partial charge in [-0.3, -0.25) is 0 Å². The van der Waals surface area contributed by atoms with Crippen LogP contribution in [0.4, 0.5) is 0 Å². The zero-order valence-corrected chi connectivity index (χ0v) is 11.1. The van der Waals surface area contributed by atoms with Crippen molar-refractivity contribution in [2.45, 2.75) is 17.2 Å². The molecule has 2 atom stereocenters. The normalized spacial score (nSPS) is 26.5. The predicted octanol–water partition coefficient (Wildman–Crippen LogP) is 4.01. The lowest BCUT2D eigenvalue weighted by Crippen LogP contribution is -2.01. The number of alkyl halides is 2. The van der Waals surface area contributed by atoms with Gasteiger partial charge >= 0.3 is 0 Å². The first-order valence-corrected chi connectivity index (χ1v) is 6.06. The minimum absolute atomic E-state index is 0.00858. The Hall–Kier alpha value is -0.370. The Bertz CT molecular complexity index is 433. The van der Waals surface area contributed by atoms with Crippen LogP contribution in [0.5, 0.6) is 0 Å². The first-order valence-electron chi connectivity index (χ1n) is 4.93. The number of nitrogens with two attached hydrogens (primary N) is 1. The largest absolute Gasteiger partial charge is 0.402 e. The van der Waals surface area contributed by atoms with Gasteiger partial charge in [0.25, 0.3) is 0 Å². The summed E-state index contributed by atoms with van der Waals surface area (Å²) < 4.78 is -0.844. The van der Waals surface area contributed by atoms with E-state index in [-0.39, 0.29) is 11.8 Å². The highest BCUT2D eigenvalue weighted by Crippen LogP contribution is 2.66. The van der Waals surface area contributed by atoms with Crippen molar-refractivity contribution in [2.24, 2.45) is 11.7 Å². The first-order chi connectivity index (χ1) is 7.34. The lowest BCUT2D eigenvalue weighted by molar-refractivity contribution is 0.923. The molecule has 0 radical (unpaired) electrons. The van der Waals surface area contributed by atoms with Crippen molar-refractivity contribution >= 4 is 34.8 Å². The molecule has 16 heavy (non-hydrogen) atoms. The number of benzene rings is 1. The molecule has 1 aliphatic carbocycles. The van der Waals surface area contributed by atoms with Gasteiger partial charge < -0.3 is 5.73 Å². The summed E-state index contributed by atoms with van der Waals surface area (Å²) in [5.74, 6) is -0.0977. The predicted molar refractivity (Wildman–Crippen MR) is 70.2 cm³/mol. The molecule has 0 bridgehead atoms. The molecule has 0 spiro atoms. The summed E-state index contributed by atoms with van der Waals surface area (Å²) >= 11 is 18.4. The topological polar surface area (TPSA) is 26.0 Å². The average molecular weight is 277 g/mol. The van der Waals surface area contributed by atoms with Crippen molar-refractivity contribution in [3.8, 4) is 0 Å². The summed E-state index contributed by atoms with van der Waals surface area (Å²) in [6.07, 6.45) is 0. The Balaban J connectivity index is 2.37. The SMILES string of the molecule is C=C(N)C1C(c2cc(C)cc(Cl)c2)C1(Cl)Cl. The van der Waals surface area contributed by atoms with Crippen LogP contribution in [0.25, 0.3) is 0 Å². The molecule has 0 aliphatic heterocycles. The Kier molecular flexibility index (Phi) is 2.90. The van der Waals surface area contributed by atoms with E-state index in [0.717, 1.165) is 11.1 Å². The van der Waals surface area contributed by atoms with E-state index in [1.54, 1.807) is 0 Å². The van der Waals surface area contributed by atoms with E-state index in [1.165, 1.54) is 0 Å². The summed E-state index contributed by atoms with van der Waals surface area (Å²) in [4.78, 5) is 0. The van der Waals surface area contributed by atoms with Crippen molar-refractivity contribution in [2.75, 3.05) is 0 Å². The fourth-order valence-electron chi connectivity index (χ4n) is 2.15. The molecule has 0 aromatic heterocycles. The maximum absolute atomic E-state index is 6.19. The Morgan fingerprint density at radius 2 is 2.00 bits per heavy atom. The molecule has 1 aromatic carbocycles. The van der Waals surface area contributed by atoms with Gasteiger partial charge in [0.2, 0.25) is 0 Å². The van der Waals surface area contributed by atoms with Crippen molar-refractivity contribution in [3.63, 3.8) is 0 Å². The number of allylic oxidation sites excluding steroid dienone is 1. The van der Waals surface area contributed by atoms with Gasteiger partial charge in [-0.15, -0.1) is 23.2 Å². The van der Waals surface area contributed by atoms with Crippen LogP contribution >= 0.6 is 34.8 Å². The maximum Gasteiger partial charge on any atom is 0.134 e. The van der Waals surface area contributed by atoms with Crippen LogP contribution in [0, 0.1) is 12.8 Å². The highest BCUT2D eigenvalue weighted by molar-refractivity contribution is 6.52. The second kappa shape index (κ2) is 3.83. The third-order valence-corrected chi connectivity index (χ3v) is 4.04. The highest BCUT2D eigenvalue weighted by atomic mass is 35.5. The molecule has 2 N–H and O–H groups in total. The molecule has 1 nitrogen and oxygen atoms in total. The van der Waals surface area contributed by atoms with Crippen LogP contribution in [-0.4, -0.2) is 4.33 Å². The number of halogens is 3. The van der Waals surface area contributed by atoms with Crippen molar-refractivity contribution in [1.29, 1.82) is 0 Å². The fraction of sp³-hybridized carbons (Fsp3) is 0.333. The molecule has 0 saturated heterocycles. The second-order valence-electron chi connectivity index (χ2n) is 4.27. The van der Waals surface area contributed by atoms with E-state index in [4.69, 9.17) is 40.5 Å². The molecule has 1 fully saturated rings. The summed E-state index contributed by atoms with van der Waals surface area (Å²) in [6, 6.07) is 5.80. The molecule has 1 saturated carbocycles. The van der Waals surface area contributed by atoms with Crippen LogP contribution in [0.2, 0.25) is 5.02 Å². The Morgan fingerprint density at radius 3 is 2.44 bits per heavy atom. The lowest BCUT2D eigenvalue weighted by atomic mass is 10.1. The zero-order valence-electron chi connectivity index (χ0n) is 8.81. The van der Waals surface area contributed by atoms with Crippen LogP contribution < -0.4 is 5.73 Å². The van der Waals surface area contributed by atoms with Crippen molar-refractivity contribution in [1.82, 2.24) is 0 Å². The summed E-state index contributed by atoms with van der Waals surface area (Å²) in [7, 11) is 0. The van der Waals surface area contributed by atoms with Gasteiger partial charge in [-0.05, 0) is 30.2 Å². The van der Waals surface area contributed by atoms with E-state index in [9.17, 15) is 0 Å². The summed E-state index contributed by atoms with van der Waals surface area (Å²) in [5, 5.41) is 0.687. The number of aryl methyl sites for hydroxylation is 1. The molecular weight excluding hydrogens is 264 g/mol. The molecule has 86 valence electrons. The van der Waals surface area contributed by atoms with Gasteiger partial charge in [-0.25, -0.2) is 0 Å². The highest BCUT2D eigenvalue weighted by Gasteiger charge is 2.64. The number of rotatable bonds is 2. The van der Waals surface area contributed by atoms with Gasteiger partial charge in [0, 0.05) is 22.6 Å². The third kappa shape index (κ3) is 1.92. The van der Waals surface area contributed by atoms with Gasteiger partial charge in [-0.2, -0.15) is 0 Å². The molecule has 0 amide bonds. The molecule has 4 heteroatoms. The minimum Gasteiger partial charge on any atom is -0.402 e. The summed E-state index contributed by atoms with van der Waals surface area (Å²) in [6.45, 7) is 5.69. The molecule has 2 rings (SSSR count). The Labute approximate surface area is 110 Å². The maximum atomic E-state index is 6.19. The van der Waals surface area contributed by atoms with Crippen molar-refractivity contribution < 1.29 is 0 Å². The van der Waals surface area contributed by atoms with E-state index >= 15 is 0 Å². The fourth-order valence-corrected chi connectivity index (χ4v) is 3.36.